The number of phenols is 1. The summed E-state index contributed by atoms with van der Waals surface area (Å²) in [7, 11) is 0. The standard InChI is InChI=1S/C19H27N5O7/c1-9(22-17(28)13(20)8-15(21)26)16(27)24-14(18(29)23-10(2)19(30)31)7-11-3-5-12(25)6-4-11/h3-6,9-10,13-14,25H,7-8,20H2,1-2H3,(H2,21,26)(H,22,28)(H,23,29)(H,24,27)(H,30,31)/t9-,10-,13-,14-/m0/s1. The van der Waals surface area contributed by atoms with Crippen molar-refractivity contribution in [3.05, 3.63) is 29.8 Å². The Balaban J connectivity index is 2.88. The molecule has 12 nitrogen and oxygen atoms in total. The van der Waals surface area contributed by atoms with Gasteiger partial charge in [0, 0.05) is 6.42 Å². The summed E-state index contributed by atoms with van der Waals surface area (Å²) in [6.45, 7) is 2.61. The van der Waals surface area contributed by atoms with Crippen LogP contribution in [0.15, 0.2) is 24.3 Å². The van der Waals surface area contributed by atoms with Crippen LogP contribution in [0.1, 0.15) is 25.8 Å². The first-order valence-electron chi connectivity index (χ1n) is 9.36. The lowest BCUT2D eigenvalue weighted by Gasteiger charge is -2.23. The summed E-state index contributed by atoms with van der Waals surface area (Å²) in [6.07, 6.45) is -0.412. The van der Waals surface area contributed by atoms with Crippen LogP contribution in [-0.2, 0) is 30.4 Å². The first kappa shape index (κ1) is 25.4. The van der Waals surface area contributed by atoms with Gasteiger partial charge in [0.25, 0.3) is 0 Å². The average Bonchev–Trinajstić information content (AvgIpc) is 2.68. The summed E-state index contributed by atoms with van der Waals surface area (Å²) < 4.78 is 0. The van der Waals surface area contributed by atoms with Gasteiger partial charge in [-0.2, -0.15) is 0 Å². The third-order valence-corrected chi connectivity index (χ3v) is 4.25. The van der Waals surface area contributed by atoms with E-state index >= 15 is 0 Å². The van der Waals surface area contributed by atoms with Crippen molar-refractivity contribution < 1.29 is 34.2 Å². The number of primary amides is 1. The van der Waals surface area contributed by atoms with Gasteiger partial charge in [-0.1, -0.05) is 12.1 Å². The minimum Gasteiger partial charge on any atom is -0.508 e. The number of aromatic hydroxyl groups is 1. The molecular weight excluding hydrogens is 410 g/mol. The molecule has 4 atom stereocenters. The molecule has 0 bridgehead atoms. The zero-order chi connectivity index (χ0) is 23.7. The molecule has 0 aliphatic heterocycles. The van der Waals surface area contributed by atoms with Gasteiger partial charge in [-0.25, -0.2) is 0 Å². The lowest BCUT2D eigenvalue weighted by Crippen LogP contribution is -2.56. The first-order valence-corrected chi connectivity index (χ1v) is 9.36. The Kier molecular flexibility index (Phi) is 9.41. The van der Waals surface area contributed by atoms with Crippen molar-refractivity contribution >= 4 is 29.6 Å². The Morgan fingerprint density at radius 2 is 1.45 bits per heavy atom. The summed E-state index contributed by atoms with van der Waals surface area (Å²) >= 11 is 0. The largest absolute Gasteiger partial charge is 0.508 e. The molecule has 0 fully saturated rings. The normalized spacial score (nSPS) is 14.4. The fourth-order valence-electron chi connectivity index (χ4n) is 2.44. The van der Waals surface area contributed by atoms with Crippen molar-refractivity contribution in [1.29, 1.82) is 0 Å². The molecule has 0 unspecified atom stereocenters. The number of nitrogens with one attached hydrogen (secondary N) is 3. The van der Waals surface area contributed by atoms with Crippen LogP contribution in [0.3, 0.4) is 0 Å². The number of carbonyl (C=O) groups excluding carboxylic acids is 4. The van der Waals surface area contributed by atoms with Crippen LogP contribution in [-0.4, -0.2) is 64.0 Å². The van der Waals surface area contributed by atoms with E-state index in [2.05, 4.69) is 16.0 Å². The molecule has 12 heteroatoms. The quantitative estimate of drug-likeness (QED) is 0.200. The summed E-state index contributed by atoms with van der Waals surface area (Å²) in [4.78, 5) is 58.9. The Labute approximate surface area is 178 Å². The topological polar surface area (TPSA) is 214 Å². The molecule has 1 aromatic carbocycles. The zero-order valence-electron chi connectivity index (χ0n) is 17.1. The van der Waals surface area contributed by atoms with E-state index in [1.807, 2.05) is 0 Å². The van der Waals surface area contributed by atoms with Crippen molar-refractivity contribution in [2.45, 2.75) is 50.9 Å². The second kappa shape index (κ2) is 11.5. The van der Waals surface area contributed by atoms with E-state index in [0.717, 1.165) is 0 Å². The fourth-order valence-corrected chi connectivity index (χ4v) is 2.44. The maximum absolute atomic E-state index is 12.5. The highest BCUT2D eigenvalue weighted by molar-refractivity contribution is 5.94. The number of phenolic OH excluding ortho intramolecular Hbond substituents is 1. The molecule has 0 aliphatic rings. The summed E-state index contributed by atoms with van der Waals surface area (Å²) in [5.74, 6) is -4.29. The first-order chi connectivity index (χ1) is 14.4. The van der Waals surface area contributed by atoms with Gasteiger partial charge in [0.05, 0.1) is 12.5 Å². The highest BCUT2D eigenvalue weighted by Gasteiger charge is 2.28. The number of benzene rings is 1. The summed E-state index contributed by atoms with van der Waals surface area (Å²) in [5, 5.41) is 25.4. The lowest BCUT2D eigenvalue weighted by atomic mass is 10.0. The van der Waals surface area contributed by atoms with Crippen LogP contribution in [0.25, 0.3) is 0 Å². The van der Waals surface area contributed by atoms with Crippen LogP contribution in [0.2, 0.25) is 0 Å². The van der Waals surface area contributed by atoms with E-state index in [4.69, 9.17) is 16.6 Å². The van der Waals surface area contributed by atoms with Crippen LogP contribution >= 0.6 is 0 Å². The molecule has 0 aliphatic carbocycles. The van der Waals surface area contributed by atoms with Crippen molar-refractivity contribution in [1.82, 2.24) is 16.0 Å². The number of nitrogens with two attached hydrogens (primary N) is 2. The third kappa shape index (κ3) is 8.70. The maximum atomic E-state index is 12.5. The maximum Gasteiger partial charge on any atom is 0.325 e. The van der Waals surface area contributed by atoms with E-state index in [-0.39, 0.29) is 12.2 Å². The van der Waals surface area contributed by atoms with Crippen LogP contribution < -0.4 is 27.4 Å². The molecule has 0 aromatic heterocycles. The Morgan fingerprint density at radius 1 is 0.903 bits per heavy atom. The molecule has 170 valence electrons. The molecule has 4 amide bonds. The van der Waals surface area contributed by atoms with E-state index in [0.29, 0.717) is 5.56 Å². The smallest absolute Gasteiger partial charge is 0.325 e. The number of carboxylic acids is 1. The second-order valence-electron chi connectivity index (χ2n) is 7.01. The van der Waals surface area contributed by atoms with Gasteiger partial charge in [-0.15, -0.1) is 0 Å². The van der Waals surface area contributed by atoms with E-state index < -0.39 is 60.2 Å². The van der Waals surface area contributed by atoms with E-state index in [1.54, 1.807) is 0 Å². The van der Waals surface area contributed by atoms with Crippen molar-refractivity contribution in [3.63, 3.8) is 0 Å². The fraction of sp³-hybridized carbons (Fsp3) is 0.421. The van der Waals surface area contributed by atoms with Gasteiger partial charge in [0.2, 0.25) is 23.6 Å². The van der Waals surface area contributed by atoms with E-state index in [9.17, 15) is 29.1 Å². The lowest BCUT2D eigenvalue weighted by molar-refractivity contribution is -0.141. The van der Waals surface area contributed by atoms with Gasteiger partial charge in [-0.3, -0.25) is 24.0 Å². The summed E-state index contributed by atoms with van der Waals surface area (Å²) in [5.41, 5.74) is 11.1. The van der Waals surface area contributed by atoms with Gasteiger partial charge < -0.3 is 37.6 Å². The number of hydrogen-bond acceptors (Lipinski definition) is 7. The Morgan fingerprint density at radius 3 is 1.97 bits per heavy atom. The third-order valence-electron chi connectivity index (χ3n) is 4.25. The number of hydrogen-bond donors (Lipinski definition) is 7. The molecule has 0 spiro atoms. The Hall–Kier alpha value is -3.67. The molecule has 1 rings (SSSR count). The molecular formula is C19H27N5O7. The number of rotatable bonds is 11. The Bertz CT molecular complexity index is 827. The summed E-state index contributed by atoms with van der Waals surface area (Å²) in [6, 6.07) is 1.16. The van der Waals surface area contributed by atoms with Gasteiger partial charge in [0.1, 0.15) is 23.9 Å². The highest BCUT2D eigenvalue weighted by atomic mass is 16.4. The molecule has 9 N–H and O–H groups in total. The van der Waals surface area contributed by atoms with Gasteiger partial charge in [0.15, 0.2) is 0 Å². The minimum atomic E-state index is -1.26. The van der Waals surface area contributed by atoms with Crippen LogP contribution in [0, 0.1) is 0 Å². The predicted molar refractivity (Wildman–Crippen MR) is 108 cm³/mol. The number of carboxylic acid groups (broad SMARTS) is 1. The monoisotopic (exact) mass is 437 g/mol. The van der Waals surface area contributed by atoms with Crippen LogP contribution in [0.5, 0.6) is 5.75 Å². The number of aliphatic carboxylic acids is 1. The van der Waals surface area contributed by atoms with Gasteiger partial charge >= 0.3 is 5.97 Å². The highest BCUT2D eigenvalue weighted by Crippen LogP contribution is 2.12. The van der Waals surface area contributed by atoms with Crippen molar-refractivity contribution in [3.8, 4) is 5.75 Å². The van der Waals surface area contributed by atoms with Gasteiger partial charge in [-0.05, 0) is 31.5 Å². The molecule has 0 radical (unpaired) electrons. The predicted octanol–water partition coefficient (Wildman–Crippen LogP) is -2.28. The van der Waals surface area contributed by atoms with E-state index in [1.165, 1.54) is 38.1 Å². The molecule has 1 aromatic rings. The number of amides is 4. The zero-order valence-corrected chi connectivity index (χ0v) is 17.1. The molecule has 0 saturated carbocycles. The molecule has 31 heavy (non-hydrogen) atoms. The van der Waals surface area contributed by atoms with Crippen molar-refractivity contribution in [2.75, 3.05) is 0 Å². The molecule has 0 heterocycles. The van der Waals surface area contributed by atoms with Crippen LogP contribution in [0.4, 0.5) is 0 Å². The average molecular weight is 437 g/mol. The number of carbonyl (C=O) groups is 5. The minimum absolute atomic E-state index is 0.00789. The SMILES string of the molecule is C[C@H](NC(=O)[C@H](Cc1ccc(O)cc1)NC(=O)[C@H](C)NC(=O)[C@@H](N)CC(N)=O)C(=O)O. The molecule has 0 saturated heterocycles. The second-order valence-corrected chi connectivity index (χ2v) is 7.01. The van der Waals surface area contributed by atoms with Crippen molar-refractivity contribution in [2.24, 2.45) is 11.5 Å².